The van der Waals surface area contributed by atoms with E-state index in [2.05, 4.69) is 47.3 Å². The normalized spacial score (nSPS) is 10.9. The largest absolute Gasteiger partial charge is 0.439 e. The lowest BCUT2D eigenvalue weighted by atomic mass is 10.0. The number of aromatic nitrogens is 7. The summed E-state index contributed by atoms with van der Waals surface area (Å²) in [5.74, 6) is 1.87. The average molecular weight is 516 g/mol. The first kappa shape index (κ1) is 23.7. The molecule has 0 aliphatic heterocycles. The van der Waals surface area contributed by atoms with E-state index in [4.69, 9.17) is 4.74 Å². The Balaban J connectivity index is 1.26. The van der Waals surface area contributed by atoms with Crippen LogP contribution in [-0.4, -0.2) is 40.4 Å². The molecule has 0 spiro atoms. The lowest BCUT2D eigenvalue weighted by molar-refractivity contribution is -0.111. The number of nitrogens with one attached hydrogen (secondary N) is 2. The molecule has 0 aliphatic carbocycles. The lowest BCUT2D eigenvalue weighted by Crippen LogP contribution is -2.08. The number of carbonyl (C=O) groups is 1. The number of aryl methyl sites for hydroxylation is 1. The number of nitrogens with zero attached hydrogens (tertiary/aromatic N) is 7. The summed E-state index contributed by atoms with van der Waals surface area (Å²) in [4.78, 5) is 29.1. The van der Waals surface area contributed by atoms with Gasteiger partial charge in [-0.25, -0.2) is 19.9 Å². The maximum absolute atomic E-state index is 11.7. The molecule has 0 bridgehead atoms. The molecule has 11 heteroatoms. The van der Waals surface area contributed by atoms with Gasteiger partial charge in [-0.05, 0) is 72.2 Å². The third-order valence-corrected chi connectivity index (χ3v) is 5.98. The van der Waals surface area contributed by atoms with E-state index in [0.717, 1.165) is 33.3 Å². The number of anilines is 3. The van der Waals surface area contributed by atoms with Gasteiger partial charge in [-0.3, -0.25) is 9.20 Å². The topological polar surface area (TPSA) is 132 Å². The van der Waals surface area contributed by atoms with Crippen LogP contribution in [0.1, 0.15) is 5.56 Å². The molecular weight excluding hydrogens is 494 g/mol. The molecule has 0 aliphatic rings. The van der Waals surface area contributed by atoms with Gasteiger partial charge in [0.2, 0.25) is 11.8 Å². The second-order valence-corrected chi connectivity index (χ2v) is 8.61. The van der Waals surface area contributed by atoms with Crippen molar-refractivity contribution < 1.29 is 9.53 Å². The fourth-order valence-corrected chi connectivity index (χ4v) is 4.05. The van der Waals surface area contributed by atoms with E-state index in [1.54, 1.807) is 35.4 Å². The maximum atomic E-state index is 11.7. The number of fused-ring (bicyclic) bond motifs is 2. The van der Waals surface area contributed by atoms with Gasteiger partial charge in [0.1, 0.15) is 36.4 Å². The molecule has 39 heavy (non-hydrogen) atoms. The first-order valence-corrected chi connectivity index (χ1v) is 11.9. The minimum absolute atomic E-state index is 0.322. The third kappa shape index (κ3) is 4.96. The number of hydrogen-bond donors (Lipinski definition) is 2. The highest BCUT2D eigenvalue weighted by Gasteiger charge is 2.10. The zero-order valence-electron chi connectivity index (χ0n) is 20.7. The summed E-state index contributed by atoms with van der Waals surface area (Å²) in [5, 5.41) is 14.8. The Morgan fingerprint density at radius 2 is 1.87 bits per heavy atom. The molecular formula is C28H21N9O2. The highest BCUT2D eigenvalue weighted by Crippen LogP contribution is 2.31. The van der Waals surface area contributed by atoms with Crippen LogP contribution in [0.25, 0.3) is 27.7 Å². The zero-order chi connectivity index (χ0) is 26.8. The molecule has 0 atom stereocenters. The average Bonchev–Trinajstić information content (AvgIpc) is 3.43. The highest BCUT2D eigenvalue weighted by molar-refractivity contribution is 5.99. The number of rotatable bonds is 7. The number of hydrogen-bond acceptors (Lipinski definition) is 9. The fraction of sp³-hybridized carbons (Fsp3) is 0.0357. The van der Waals surface area contributed by atoms with E-state index in [0.29, 0.717) is 28.9 Å². The number of amides is 1. The van der Waals surface area contributed by atoms with Crippen molar-refractivity contribution in [3.8, 4) is 22.8 Å². The standard InChI is InChI=1S/C28H21N9O2/c1-3-26(38)35-24-12-19(8-9-29-24)18-4-6-22-21(11-18)28(31-14-30-22)34-20-5-7-23(17(2)10-20)39-27-13-25-36-33-16-37(25)15-32-27/h3-16H,1H2,2H3,(H,29,35,38)(H,30,31,34). The Bertz CT molecular complexity index is 1870. The van der Waals surface area contributed by atoms with Crippen LogP contribution in [0.3, 0.4) is 0 Å². The molecule has 6 rings (SSSR count). The van der Waals surface area contributed by atoms with Crippen molar-refractivity contribution in [1.82, 2.24) is 34.5 Å². The predicted octanol–water partition coefficient (Wildman–Crippen LogP) is 5.10. The second kappa shape index (κ2) is 9.98. The summed E-state index contributed by atoms with van der Waals surface area (Å²) < 4.78 is 7.69. The van der Waals surface area contributed by atoms with Crippen molar-refractivity contribution in [2.45, 2.75) is 6.92 Å². The quantitative estimate of drug-likeness (QED) is 0.279. The summed E-state index contributed by atoms with van der Waals surface area (Å²) >= 11 is 0. The van der Waals surface area contributed by atoms with Crippen molar-refractivity contribution in [1.29, 1.82) is 0 Å². The number of ether oxygens (including phenoxy) is 1. The number of pyridine rings is 1. The van der Waals surface area contributed by atoms with Gasteiger partial charge in [0.15, 0.2) is 5.65 Å². The zero-order valence-corrected chi connectivity index (χ0v) is 20.7. The van der Waals surface area contributed by atoms with Crippen molar-refractivity contribution in [3.05, 3.63) is 98.0 Å². The summed E-state index contributed by atoms with van der Waals surface area (Å²) in [7, 11) is 0. The summed E-state index contributed by atoms with van der Waals surface area (Å²) in [5.41, 5.74) is 5.00. The van der Waals surface area contributed by atoms with Crippen molar-refractivity contribution in [2.75, 3.05) is 10.6 Å². The van der Waals surface area contributed by atoms with Gasteiger partial charge in [-0.1, -0.05) is 12.6 Å². The monoisotopic (exact) mass is 515 g/mol. The van der Waals surface area contributed by atoms with Crippen LogP contribution in [-0.2, 0) is 4.79 Å². The van der Waals surface area contributed by atoms with E-state index in [9.17, 15) is 4.79 Å². The maximum Gasteiger partial charge on any atom is 0.248 e. The molecule has 0 unspecified atom stereocenters. The van der Waals surface area contributed by atoms with Crippen LogP contribution in [0.15, 0.2) is 92.4 Å². The predicted molar refractivity (Wildman–Crippen MR) is 147 cm³/mol. The summed E-state index contributed by atoms with van der Waals surface area (Å²) in [6.45, 7) is 5.43. The SMILES string of the molecule is C=CC(=O)Nc1cc(-c2ccc3ncnc(Nc4ccc(Oc5cc6nncn6cn5)c(C)c4)c3c2)ccn1. The molecule has 0 radical (unpaired) electrons. The highest BCUT2D eigenvalue weighted by atomic mass is 16.5. The first-order chi connectivity index (χ1) is 19.1. The molecule has 0 saturated heterocycles. The van der Waals surface area contributed by atoms with Gasteiger partial charge >= 0.3 is 0 Å². The van der Waals surface area contributed by atoms with Crippen LogP contribution in [0.5, 0.6) is 11.6 Å². The first-order valence-electron chi connectivity index (χ1n) is 11.9. The van der Waals surface area contributed by atoms with E-state index in [1.165, 1.54) is 12.4 Å². The molecule has 2 aromatic carbocycles. The minimum atomic E-state index is -0.322. The molecule has 4 heterocycles. The molecule has 0 fully saturated rings. The van der Waals surface area contributed by atoms with Gasteiger partial charge in [-0.15, -0.1) is 10.2 Å². The molecule has 4 aromatic heterocycles. The Hall–Kier alpha value is -5.71. The second-order valence-electron chi connectivity index (χ2n) is 8.61. The van der Waals surface area contributed by atoms with Crippen molar-refractivity contribution in [2.24, 2.45) is 0 Å². The van der Waals surface area contributed by atoms with Crippen LogP contribution in [0.4, 0.5) is 17.3 Å². The van der Waals surface area contributed by atoms with Gasteiger partial charge in [0.25, 0.3) is 0 Å². The van der Waals surface area contributed by atoms with Gasteiger partial charge < -0.3 is 15.4 Å². The molecule has 0 saturated carbocycles. The van der Waals surface area contributed by atoms with Gasteiger partial charge in [0, 0.05) is 23.3 Å². The number of benzene rings is 2. The van der Waals surface area contributed by atoms with E-state index in [-0.39, 0.29) is 5.91 Å². The molecule has 2 N–H and O–H groups in total. The van der Waals surface area contributed by atoms with E-state index >= 15 is 0 Å². The Morgan fingerprint density at radius 3 is 2.74 bits per heavy atom. The number of carbonyl (C=O) groups excluding carboxylic acids is 1. The lowest BCUT2D eigenvalue weighted by Gasteiger charge is -2.13. The van der Waals surface area contributed by atoms with Crippen molar-refractivity contribution >= 4 is 39.8 Å². The van der Waals surface area contributed by atoms with Gasteiger partial charge in [-0.2, -0.15) is 0 Å². The van der Waals surface area contributed by atoms with Gasteiger partial charge in [0.05, 0.1) is 5.52 Å². The molecule has 1 amide bonds. The smallest absolute Gasteiger partial charge is 0.248 e. The minimum Gasteiger partial charge on any atom is -0.439 e. The summed E-state index contributed by atoms with van der Waals surface area (Å²) in [6.07, 6.45) is 7.56. The molecule has 190 valence electrons. The van der Waals surface area contributed by atoms with E-state index < -0.39 is 0 Å². The van der Waals surface area contributed by atoms with Crippen LogP contribution >= 0.6 is 0 Å². The Kier molecular flexibility index (Phi) is 6.06. The molecule has 11 nitrogen and oxygen atoms in total. The van der Waals surface area contributed by atoms with Crippen LogP contribution in [0, 0.1) is 6.92 Å². The van der Waals surface area contributed by atoms with Crippen LogP contribution < -0.4 is 15.4 Å². The van der Waals surface area contributed by atoms with Crippen LogP contribution in [0.2, 0.25) is 0 Å². The Morgan fingerprint density at radius 1 is 0.974 bits per heavy atom. The van der Waals surface area contributed by atoms with Crippen molar-refractivity contribution in [3.63, 3.8) is 0 Å². The molecule has 6 aromatic rings. The fourth-order valence-electron chi connectivity index (χ4n) is 4.05. The summed E-state index contributed by atoms with van der Waals surface area (Å²) in [6, 6.07) is 17.1. The van der Waals surface area contributed by atoms with E-state index in [1.807, 2.05) is 49.4 Å². The Labute approximate surface area is 222 Å². The third-order valence-electron chi connectivity index (χ3n) is 5.98.